The van der Waals surface area contributed by atoms with Crippen molar-refractivity contribution in [2.75, 3.05) is 13.2 Å². The summed E-state index contributed by atoms with van der Waals surface area (Å²) in [7, 11) is 0. The summed E-state index contributed by atoms with van der Waals surface area (Å²) in [4.78, 5) is 0. The summed E-state index contributed by atoms with van der Waals surface area (Å²) in [5, 5.41) is 3.58. The van der Waals surface area contributed by atoms with Crippen LogP contribution in [0.5, 0.6) is 5.75 Å². The molecule has 2 aromatic rings. The van der Waals surface area contributed by atoms with Crippen LogP contribution >= 0.6 is 0 Å². The molecule has 1 atom stereocenters. The number of para-hydroxylation sites is 1. The zero-order valence-electron chi connectivity index (χ0n) is 13.0. The number of benzene rings is 2. The van der Waals surface area contributed by atoms with Gasteiger partial charge in [-0.1, -0.05) is 62.4 Å². The SMILES string of the molecule is CCCOc1ccccc1C(Cc1ccccc1)NCC. The Bertz CT molecular complexity index is 524. The molecule has 2 nitrogen and oxygen atoms in total. The molecule has 0 aliphatic heterocycles. The summed E-state index contributed by atoms with van der Waals surface area (Å²) in [5.41, 5.74) is 2.59. The lowest BCUT2D eigenvalue weighted by Gasteiger charge is -2.21. The van der Waals surface area contributed by atoms with Gasteiger partial charge in [0, 0.05) is 11.6 Å². The Hall–Kier alpha value is -1.80. The van der Waals surface area contributed by atoms with Gasteiger partial charge in [-0.25, -0.2) is 0 Å². The van der Waals surface area contributed by atoms with E-state index in [4.69, 9.17) is 4.74 Å². The third-order valence-electron chi connectivity index (χ3n) is 3.49. The fourth-order valence-corrected chi connectivity index (χ4v) is 2.50. The van der Waals surface area contributed by atoms with Crippen LogP contribution in [0.4, 0.5) is 0 Å². The highest BCUT2D eigenvalue weighted by molar-refractivity contribution is 5.37. The number of hydrogen-bond acceptors (Lipinski definition) is 2. The van der Waals surface area contributed by atoms with E-state index in [1.54, 1.807) is 0 Å². The van der Waals surface area contributed by atoms with Crippen molar-refractivity contribution in [2.45, 2.75) is 32.7 Å². The van der Waals surface area contributed by atoms with Crippen molar-refractivity contribution in [3.63, 3.8) is 0 Å². The van der Waals surface area contributed by atoms with Crippen LogP contribution in [0.2, 0.25) is 0 Å². The van der Waals surface area contributed by atoms with Crippen LogP contribution in [-0.2, 0) is 6.42 Å². The number of rotatable bonds is 8. The Morgan fingerprint density at radius 2 is 1.67 bits per heavy atom. The molecule has 0 saturated heterocycles. The summed E-state index contributed by atoms with van der Waals surface area (Å²) in [6.07, 6.45) is 2.00. The quantitative estimate of drug-likeness (QED) is 0.777. The van der Waals surface area contributed by atoms with Crippen molar-refractivity contribution in [1.29, 1.82) is 0 Å². The molecule has 0 fully saturated rings. The van der Waals surface area contributed by atoms with Gasteiger partial charge in [0.25, 0.3) is 0 Å². The lowest BCUT2D eigenvalue weighted by molar-refractivity contribution is 0.310. The molecule has 2 heteroatoms. The number of ether oxygens (including phenoxy) is 1. The zero-order valence-corrected chi connectivity index (χ0v) is 13.0. The molecule has 0 saturated carbocycles. The lowest BCUT2D eigenvalue weighted by atomic mass is 9.98. The lowest BCUT2D eigenvalue weighted by Crippen LogP contribution is -2.23. The van der Waals surface area contributed by atoms with Crippen molar-refractivity contribution >= 4 is 0 Å². The summed E-state index contributed by atoms with van der Waals surface area (Å²) >= 11 is 0. The maximum absolute atomic E-state index is 5.91. The van der Waals surface area contributed by atoms with Crippen LogP contribution in [0.1, 0.15) is 37.4 Å². The third kappa shape index (κ3) is 4.61. The Balaban J connectivity index is 2.21. The first-order valence-corrected chi connectivity index (χ1v) is 7.84. The molecule has 0 amide bonds. The van der Waals surface area contributed by atoms with Gasteiger partial charge in [0.1, 0.15) is 5.75 Å². The van der Waals surface area contributed by atoms with Crippen LogP contribution < -0.4 is 10.1 Å². The first-order chi connectivity index (χ1) is 10.3. The van der Waals surface area contributed by atoms with Crippen molar-refractivity contribution in [1.82, 2.24) is 5.32 Å². The molecule has 0 bridgehead atoms. The molecule has 2 aromatic carbocycles. The molecule has 0 spiro atoms. The largest absolute Gasteiger partial charge is 0.493 e. The molecular weight excluding hydrogens is 258 g/mol. The van der Waals surface area contributed by atoms with Gasteiger partial charge in [-0.3, -0.25) is 0 Å². The molecule has 2 rings (SSSR count). The predicted molar refractivity (Wildman–Crippen MR) is 88.8 cm³/mol. The summed E-state index contributed by atoms with van der Waals surface area (Å²) in [5.74, 6) is 1.00. The Kier molecular flexibility index (Phi) is 6.29. The molecule has 0 aromatic heterocycles. The number of likely N-dealkylation sites (N-methyl/N-ethyl adjacent to an activating group) is 1. The highest BCUT2D eigenvalue weighted by Gasteiger charge is 2.15. The Morgan fingerprint density at radius 3 is 2.38 bits per heavy atom. The molecule has 0 aliphatic rings. The van der Waals surface area contributed by atoms with Crippen molar-refractivity contribution in [3.05, 3.63) is 65.7 Å². The number of nitrogens with one attached hydrogen (secondary N) is 1. The minimum atomic E-state index is 0.283. The average Bonchev–Trinajstić information content (AvgIpc) is 2.54. The van der Waals surface area contributed by atoms with Crippen LogP contribution in [0, 0.1) is 0 Å². The normalized spacial score (nSPS) is 12.1. The third-order valence-corrected chi connectivity index (χ3v) is 3.49. The minimum Gasteiger partial charge on any atom is -0.493 e. The van der Waals surface area contributed by atoms with Gasteiger partial charge < -0.3 is 10.1 Å². The summed E-state index contributed by atoms with van der Waals surface area (Å²) < 4.78 is 5.91. The molecule has 1 N–H and O–H groups in total. The predicted octanol–water partition coefficient (Wildman–Crippen LogP) is 4.37. The zero-order chi connectivity index (χ0) is 14.9. The highest BCUT2D eigenvalue weighted by atomic mass is 16.5. The smallest absolute Gasteiger partial charge is 0.124 e. The molecule has 0 aliphatic carbocycles. The van der Waals surface area contributed by atoms with E-state index in [2.05, 4.69) is 67.7 Å². The van der Waals surface area contributed by atoms with Crippen molar-refractivity contribution < 1.29 is 4.74 Å². The maximum Gasteiger partial charge on any atom is 0.124 e. The van der Waals surface area contributed by atoms with Crippen LogP contribution in [0.3, 0.4) is 0 Å². The van der Waals surface area contributed by atoms with E-state index in [1.165, 1.54) is 11.1 Å². The molecule has 1 unspecified atom stereocenters. The van der Waals surface area contributed by atoms with Crippen LogP contribution in [-0.4, -0.2) is 13.2 Å². The fourth-order valence-electron chi connectivity index (χ4n) is 2.50. The first-order valence-electron chi connectivity index (χ1n) is 7.84. The second kappa shape index (κ2) is 8.48. The van der Waals surface area contributed by atoms with E-state index >= 15 is 0 Å². The van der Waals surface area contributed by atoms with E-state index in [-0.39, 0.29) is 6.04 Å². The second-order valence-electron chi connectivity index (χ2n) is 5.19. The van der Waals surface area contributed by atoms with Crippen LogP contribution in [0.25, 0.3) is 0 Å². The Morgan fingerprint density at radius 1 is 0.952 bits per heavy atom. The topological polar surface area (TPSA) is 21.3 Å². The molecule has 21 heavy (non-hydrogen) atoms. The van der Waals surface area contributed by atoms with E-state index < -0.39 is 0 Å². The van der Waals surface area contributed by atoms with Gasteiger partial charge in [-0.15, -0.1) is 0 Å². The monoisotopic (exact) mass is 283 g/mol. The highest BCUT2D eigenvalue weighted by Crippen LogP contribution is 2.27. The molecular formula is C19H25NO. The van der Waals surface area contributed by atoms with E-state index in [0.29, 0.717) is 0 Å². The van der Waals surface area contributed by atoms with E-state index in [0.717, 1.165) is 31.7 Å². The van der Waals surface area contributed by atoms with Gasteiger partial charge in [0.2, 0.25) is 0 Å². The molecule has 112 valence electrons. The van der Waals surface area contributed by atoms with Gasteiger partial charge >= 0.3 is 0 Å². The average molecular weight is 283 g/mol. The summed E-state index contributed by atoms with van der Waals surface area (Å²) in [6.45, 7) is 5.99. The maximum atomic E-state index is 5.91. The standard InChI is InChI=1S/C19H25NO/c1-3-14-21-19-13-9-8-12-17(19)18(20-4-2)15-16-10-6-5-7-11-16/h5-13,18,20H,3-4,14-15H2,1-2H3. The van der Waals surface area contributed by atoms with Crippen LogP contribution in [0.15, 0.2) is 54.6 Å². The summed E-state index contributed by atoms with van der Waals surface area (Å²) in [6, 6.07) is 19.3. The minimum absolute atomic E-state index is 0.283. The van der Waals surface area contributed by atoms with Crippen molar-refractivity contribution in [2.24, 2.45) is 0 Å². The van der Waals surface area contributed by atoms with Crippen molar-refractivity contribution in [3.8, 4) is 5.75 Å². The number of hydrogen-bond donors (Lipinski definition) is 1. The first kappa shape index (κ1) is 15.6. The van der Waals surface area contributed by atoms with Gasteiger partial charge in [-0.05, 0) is 31.0 Å². The van der Waals surface area contributed by atoms with Gasteiger partial charge in [0.05, 0.1) is 6.61 Å². The second-order valence-corrected chi connectivity index (χ2v) is 5.19. The van der Waals surface area contributed by atoms with Gasteiger partial charge in [0.15, 0.2) is 0 Å². The Labute approximate surface area is 128 Å². The van der Waals surface area contributed by atoms with E-state index in [9.17, 15) is 0 Å². The van der Waals surface area contributed by atoms with E-state index in [1.807, 2.05) is 6.07 Å². The van der Waals surface area contributed by atoms with Gasteiger partial charge in [-0.2, -0.15) is 0 Å². The molecule has 0 heterocycles. The fraction of sp³-hybridized carbons (Fsp3) is 0.368. The molecule has 0 radical (unpaired) electrons.